The lowest BCUT2D eigenvalue weighted by atomic mass is 10.1. The summed E-state index contributed by atoms with van der Waals surface area (Å²) in [5.41, 5.74) is 2.19. The average Bonchev–Trinajstić information content (AvgIpc) is 3.35. The van der Waals surface area contributed by atoms with Crippen molar-refractivity contribution in [2.45, 2.75) is 26.7 Å². The minimum absolute atomic E-state index is 0.198. The Balaban J connectivity index is 1.55. The number of esters is 1. The van der Waals surface area contributed by atoms with Crippen LogP contribution < -0.4 is 10.6 Å². The number of hydrogen-bond donors (Lipinski definition) is 2. The van der Waals surface area contributed by atoms with E-state index in [1.807, 2.05) is 30.3 Å². The SMILES string of the molecule is CCOC(=O)c1csc(Nc2nnc(Nc3nc4ccccc4s3)cc2C(C)C)n1. The molecule has 0 radical (unpaired) electrons. The molecule has 0 aliphatic heterocycles. The molecule has 1 aromatic carbocycles. The number of carbonyl (C=O) groups excluding carboxylic acids is 1. The van der Waals surface area contributed by atoms with Gasteiger partial charge in [0.2, 0.25) is 0 Å². The summed E-state index contributed by atoms with van der Waals surface area (Å²) in [7, 11) is 0. The first-order chi connectivity index (χ1) is 14.5. The lowest BCUT2D eigenvalue weighted by Crippen LogP contribution is -2.07. The largest absolute Gasteiger partial charge is 0.461 e. The third kappa shape index (κ3) is 4.39. The smallest absolute Gasteiger partial charge is 0.357 e. The van der Waals surface area contributed by atoms with E-state index in [1.165, 1.54) is 11.3 Å². The maximum Gasteiger partial charge on any atom is 0.357 e. The molecule has 0 unspecified atom stereocenters. The van der Waals surface area contributed by atoms with E-state index >= 15 is 0 Å². The molecule has 0 spiro atoms. The van der Waals surface area contributed by atoms with Crippen LogP contribution in [-0.2, 0) is 4.74 Å². The van der Waals surface area contributed by atoms with Gasteiger partial charge in [0.25, 0.3) is 0 Å². The van der Waals surface area contributed by atoms with Crippen LogP contribution in [-0.4, -0.2) is 32.7 Å². The lowest BCUT2D eigenvalue weighted by molar-refractivity contribution is 0.0520. The Hall–Kier alpha value is -3.11. The molecule has 4 rings (SSSR count). The molecule has 154 valence electrons. The van der Waals surface area contributed by atoms with Gasteiger partial charge in [-0.1, -0.05) is 37.3 Å². The Morgan fingerprint density at radius 2 is 1.97 bits per heavy atom. The maximum absolute atomic E-state index is 11.8. The van der Waals surface area contributed by atoms with Crippen LogP contribution in [0.15, 0.2) is 35.7 Å². The van der Waals surface area contributed by atoms with Crippen molar-refractivity contribution in [1.29, 1.82) is 0 Å². The zero-order valence-electron chi connectivity index (χ0n) is 16.7. The van der Waals surface area contributed by atoms with E-state index in [1.54, 1.807) is 23.6 Å². The fourth-order valence-corrected chi connectivity index (χ4v) is 4.32. The van der Waals surface area contributed by atoms with Crippen LogP contribution in [0.3, 0.4) is 0 Å². The molecule has 0 fully saturated rings. The third-order valence-corrected chi connectivity index (χ3v) is 5.90. The maximum atomic E-state index is 11.8. The summed E-state index contributed by atoms with van der Waals surface area (Å²) >= 11 is 2.88. The molecule has 0 aliphatic carbocycles. The van der Waals surface area contributed by atoms with Crippen LogP contribution in [0, 0.1) is 0 Å². The fraction of sp³-hybridized carbons (Fsp3) is 0.250. The summed E-state index contributed by atoms with van der Waals surface area (Å²) in [4.78, 5) is 20.7. The van der Waals surface area contributed by atoms with Crippen molar-refractivity contribution in [2.75, 3.05) is 17.2 Å². The Kier molecular flexibility index (Phi) is 5.86. The zero-order chi connectivity index (χ0) is 21.1. The summed E-state index contributed by atoms with van der Waals surface area (Å²) in [6, 6.07) is 9.93. The molecule has 0 atom stereocenters. The number of fused-ring (bicyclic) bond motifs is 1. The number of benzene rings is 1. The van der Waals surface area contributed by atoms with Crippen molar-refractivity contribution in [1.82, 2.24) is 20.2 Å². The summed E-state index contributed by atoms with van der Waals surface area (Å²) in [6.45, 7) is 6.23. The first kappa shape index (κ1) is 20.2. The van der Waals surface area contributed by atoms with Crippen molar-refractivity contribution < 1.29 is 9.53 Å². The number of hydrogen-bond acceptors (Lipinski definition) is 10. The number of rotatable bonds is 7. The van der Waals surface area contributed by atoms with E-state index in [0.29, 0.717) is 23.4 Å². The monoisotopic (exact) mass is 440 g/mol. The van der Waals surface area contributed by atoms with Gasteiger partial charge in [0.1, 0.15) is 0 Å². The lowest BCUT2D eigenvalue weighted by Gasteiger charge is -2.13. The first-order valence-electron chi connectivity index (χ1n) is 9.43. The van der Waals surface area contributed by atoms with Gasteiger partial charge < -0.3 is 15.4 Å². The number of thiazole rings is 2. The third-order valence-electron chi connectivity index (χ3n) is 4.19. The molecule has 0 bridgehead atoms. The molecule has 3 heterocycles. The molecular weight excluding hydrogens is 420 g/mol. The van der Waals surface area contributed by atoms with Crippen LogP contribution in [0.4, 0.5) is 21.9 Å². The van der Waals surface area contributed by atoms with E-state index in [4.69, 9.17) is 4.74 Å². The second-order valence-corrected chi connectivity index (χ2v) is 8.57. The molecule has 0 saturated carbocycles. The Labute approximate surface area is 181 Å². The second-order valence-electron chi connectivity index (χ2n) is 6.68. The summed E-state index contributed by atoms with van der Waals surface area (Å²) in [5.74, 6) is 0.982. The van der Waals surface area contributed by atoms with Crippen molar-refractivity contribution >= 4 is 60.8 Å². The highest BCUT2D eigenvalue weighted by molar-refractivity contribution is 7.22. The van der Waals surface area contributed by atoms with E-state index < -0.39 is 5.97 Å². The van der Waals surface area contributed by atoms with Crippen LogP contribution in [0.2, 0.25) is 0 Å². The highest BCUT2D eigenvalue weighted by Crippen LogP contribution is 2.31. The number of para-hydroxylation sites is 1. The zero-order valence-corrected chi connectivity index (χ0v) is 18.3. The average molecular weight is 441 g/mol. The minimum Gasteiger partial charge on any atom is -0.461 e. The van der Waals surface area contributed by atoms with Gasteiger partial charge in [-0.25, -0.2) is 14.8 Å². The Morgan fingerprint density at radius 3 is 2.73 bits per heavy atom. The van der Waals surface area contributed by atoms with Crippen molar-refractivity contribution in [3.05, 3.63) is 47.0 Å². The second kappa shape index (κ2) is 8.72. The highest BCUT2D eigenvalue weighted by Gasteiger charge is 2.16. The van der Waals surface area contributed by atoms with Gasteiger partial charge in [-0.3, -0.25) is 0 Å². The van der Waals surface area contributed by atoms with Gasteiger partial charge in [-0.2, -0.15) is 0 Å². The van der Waals surface area contributed by atoms with E-state index in [0.717, 1.165) is 20.9 Å². The normalized spacial score (nSPS) is 11.1. The van der Waals surface area contributed by atoms with Gasteiger partial charge in [0.05, 0.1) is 16.8 Å². The van der Waals surface area contributed by atoms with Gasteiger partial charge in [-0.15, -0.1) is 21.5 Å². The molecule has 30 heavy (non-hydrogen) atoms. The molecule has 4 aromatic rings. The number of anilines is 4. The van der Waals surface area contributed by atoms with Crippen molar-refractivity contribution in [3.63, 3.8) is 0 Å². The summed E-state index contributed by atoms with van der Waals surface area (Å²) in [5, 5.41) is 18.0. The van der Waals surface area contributed by atoms with E-state index in [-0.39, 0.29) is 11.6 Å². The van der Waals surface area contributed by atoms with E-state index in [9.17, 15) is 4.79 Å². The van der Waals surface area contributed by atoms with E-state index in [2.05, 4.69) is 44.6 Å². The van der Waals surface area contributed by atoms with Crippen LogP contribution in [0.1, 0.15) is 42.7 Å². The molecule has 2 N–H and O–H groups in total. The molecule has 8 nitrogen and oxygen atoms in total. The van der Waals surface area contributed by atoms with Crippen LogP contribution in [0.5, 0.6) is 0 Å². The number of aromatic nitrogens is 4. The molecular formula is C20H20N6O2S2. The van der Waals surface area contributed by atoms with Gasteiger partial charge in [0.15, 0.2) is 27.6 Å². The van der Waals surface area contributed by atoms with Gasteiger partial charge >= 0.3 is 5.97 Å². The summed E-state index contributed by atoms with van der Waals surface area (Å²) in [6.07, 6.45) is 0. The van der Waals surface area contributed by atoms with Crippen molar-refractivity contribution in [2.24, 2.45) is 0 Å². The molecule has 0 amide bonds. The van der Waals surface area contributed by atoms with Crippen LogP contribution >= 0.6 is 22.7 Å². The quantitative estimate of drug-likeness (QED) is 0.372. The van der Waals surface area contributed by atoms with Crippen LogP contribution in [0.25, 0.3) is 10.2 Å². The molecule has 3 aromatic heterocycles. The molecule has 0 aliphatic rings. The standard InChI is InChI=1S/C20H20N6O2S2/c1-4-28-18(27)14-10-29-19(22-14)24-17-12(11(2)3)9-16(25-26-17)23-20-21-13-7-5-6-8-15(13)30-20/h5-11H,4H2,1-3H3,(H,21,23,25)(H,22,24,26). The Morgan fingerprint density at radius 1 is 1.13 bits per heavy atom. The number of carbonyl (C=O) groups is 1. The number of nitrogens with zero attached hydrogens (tertiary/aromatic N) is 4. The van der Waals surface area contributed by atoms with Gasteiger partial charge in [-0.05, 0) is 31.0 Å². The topological polar surface area (TPSA) is 102 Å². The minimum atomic E-state index is -0.438. The fourth-order valence-electron chi connectivity index (χ4n) is 2.77. The predicted molar refractivity (Wildman–Crippen MR) is 120 cm³/mol. The molecule has 0 saturated heterocycles. The number of nitrogens with one attached hydrogen (secondary N) is 2. The Bertz CT molecular complexity index is 1150. The van der Waals surface area contributed by atoms with Crippen molar-refractivity contribution in [3.8, 4) is 0 Å². The first-order valence-corrected chi connectivity index (χ1v) is 11.1. The molecule has 10 heteroatoms. The highest BCUT2D eigenvalue weighted by atomic mass is 32.1. The predicted octanol–water partition coefficient (Wildman–Crippen LogP) is 5.33. The number of ether oxygens (including phenoxy) is 1. The van der Waals surface area contributed by atoms with Gasteiger partial charge in [0, 0.05) is 10.9 Å². The summed E-state index contributed by atoms with van der Waals surface area (Å²) < 4.78 is 6.09.